The van der Waals surface area contributed by atoms with Crippen molar-refractivity contribution in [3.63, 3.8) is 0 Å². The molecule has 25 nitrogen and oxygen atoms in total. The molecule has 0 radical (unpaired) electrons. The summed E-state index contributed by atoms with van der Waals surface area (Å²) >= 11 is 0. The maximum Gasteiger partial charge on any atom is 0.326 e. The molecule has 0 bridgehead atoms. The van der Waals surface area contributed by atoms with Gasteiger partial charge in [-0.05, 0) is 62.6 Å². The number of nitrogens with one attached hydrogen (secondary N) is 5. The van der Waals surface area contributed by atoms with E-state index in [0.29, 0.717) is 44.2 Å². The highest BCUT2D eigenvalue weighted by atomic mass is 16.5. The number of aromatic hydroxyl groups is 1. The number of rotatable bonds is 55. The third kappa shape index (κ3) is 41.5. The Morgan fingerprint density at radius 1 is 0.524 bits per heavy atom. The number of nitrogens with zero attached hydrogens (tertiary/aromatic N) is 1. The number of carbonyl (C=O) groups is 9. The van der Waals surface area contributed by atoms with E-state index in [1.54, 1.807) is 26.0 Å². The van der Waals surface area contributed by atoms with Crippen LogP contribution in [-0.2, 0) is 68.5 Å². The zero-order valence-electron chi connectivity index (χ0n) is 50.0. The first-order valence-electron chi connectivity index (χ1n) is 30.1. The van der Waals surface area contributed by atoms with Crippen LogP contribution in [0.5, 0.6) is 5.75 Å². The van der Waals surface area contributed by atoms with Crippen molar-refractivity contribution in [1.82, 2.24) is 26.6 Å². The number of phenolic OH excluding ortho intramolecular Hbond substituents is 1. The minimum Gasteiger partial charge on any atom is -0.508 e. The Labute approximate surface area is 505 Å². The summed E-state index contributed by atoms with van der Waals surface area (Å²) in [5, 5.41) is 41.2. The molecule has 0 saturated carbocycles. The lowest BCUT2D eigenvalue weighted by Crippen LogP contribution is -2.49. The molecule has 0 fully saturated rings. The molecule has 0 saturated heterocycles. The first kappa shape index (κ1) is 75.6. The number of hydrogen-bond acceptors (Lipinski definition) is 15. The van der Waals surface area contributed by atoms with Crippen LogP contribution in [0.1, 0.15) is 176 Å². The number of carboxylic acids is 2. The van der Waals surface area contributed by atoms with Gasteiger partial charge in [-0.15, -0.1) is 0 Å². The Balaban J connectivity index is -0.00000294. The van der Waals surface area contributed by atoms with Gasteiger partial charge in [-0.3, -0.25) is 43.3 Å². The maximum absolute atomic E-state index is 13.6. The van der Waals surface area contributed by atoms with E-state index in [4.69, 9.17) is 41.3 Å². The highest BCUT2D eigenvalue weighted by Crippen LogP contribution is 2.25. The predicted molar refractivity (Wildman–Crippen MR) is 329 cm³/mol. The van der Waals surface area contributed by atoms with E-state index < -0.39 is 47.7 Å². The van der Waals surface area contributed by atoms with Crippen LogP contribution in [0.15, 0.2) is 29.3 Å². The van der Waals surface area contributed by atoms with E-state index >= 15 is 0 Å². The molecular weight excluding hydrogens is 1090 g/mol. The van der Waals surface area contributed by atoms with Crippen LogP contribution in [0.4, 0.5) is 0 Å². The molecule has 1 unspecified atom stereocenters. The molecule has 0 aliphatic heterocycles. The summed E-state index contributed by atoms with van der Waals surface area (Å²) in [6, 6.07) is 3.97. The van der Waals surface area contributed by atoms with Crippen LogP contribution in [0.2, 0.25) is 0 Å². The molecule has 14 N–H and O–H groups in total. The number of aliphatic carboxylic acids is 2. The third-order valence-corrected chi connectivity index (χ3v) is 13.9. The SMILES string of the molecule is CC(C(=O)[C@@H](C)CCCCNC(=O)COCCOCCNC(=O)COCCOCCNC(=O)CC[C@H](NC(=O)CCCCCCCCCCCCCCCCC(=O)O)C(=O)O)[C@@H](CCCN=C(N)N)C(=O)N[C@@H](Cc1ccc(O)cc1)C(N)=O.[HH].[HH].[HH].[HH].[HH].[HH]. The van der Waals surface area contributed by atoms with Crippen LogP contribution in [0, 0.1) is 17.8 Å². The largest absolute Gasteiger partial charge is 0.508 e. The van der Waals surface area contributed by atoms with Crippen molar-refractivity contribution in [2.24, 2.45) is 39.9 Å². The van der Waals surface area contributed by atoms with Crippen molar-refractivity contribution in [2.45, 2.75) is 180 Å². The van der Waals surface area contributed by atoms with E-state index in [0.717, 1.165) is 44.9 Å². The first-order chi connectivity index (χ1) is 40.3. The summed E-state index contributed by atoms with van der Waals surface area (Å²) < 4.78 is 21.6. The molecule has 1 rings (SSSR count). The fourth-order valence-electron chi connectivity index (χ4n) is 9.06. The number of primary amides is 1. The molecule has 5 atom stereocenters. The average molecular weight is 1200 g/mol. The summed E-state index contributed by atoms with van der Waals surface area (Å²) in [6.07, 6.45) is 17.8. The predicted octanol–water partition coefficient (Wildman–Crippen LogP) is 5.15. The summed E-state index contributed by atoms with van der Waals surface area (Å²) in [5.74, 6) is -6.57. The summed E-state index contributed by atoms with van der Waals surface area (Å²) in [4.78, 5) is 115. The maximum atomic E-state index is 13.6. The van der Waals surface area contributed by atoms with Gasteiger partial charge in [0.1, 0.15) is 36.8 Å². The molecule has 0 aromatic heterocycles. The van der Waals surface area contributed by atoms with E-state index in [1.165, 1.54) is 50.7 Å². The van der Waals surface area contributed by atoms with Crippen molar-refractivity contribution >= 4 is 59.1 Å². The van der Waals surface area contributed by atoms with Crippen molar-refractivity contribution in [3.05, 3.63) is 29.8 Å². The van der Waals surface area contributed by atoms with E-state index in [-0.39, 0.29) is 167 Å². The number of aliphatic imine (C=N–C) groups is 1. The Morgan fingerprint density at radius 3 is 1.54 bits per heavy atom. The standard InChI is InChI=1S/C59H101N9O16.6H2/c1-43(55(76)44(2)47(21-19-31-66-59(61)62)57(78)68-49(56(60)77)40-45-24-26-46(69)27-25-45)20-17-18-30-63-52(72)41-83-38-37-82-35-33-65-53(73)42-84-39-36-81-34-32-64-50(70)29-28-48(58(79)80)67-51(71)22-15-13-11-9-7-5-3-4-6-8-10-12-14-16-23-54(74)75;;;;;;/h24-27,43-44,47-49,69H,3-23,28-42H2,1-2H3,(H2,60,77)(H,63,72)(H,64,70)(H,65,73)(H,67,71)(H,68,78)(H,74,75)(H,79,80)(H4,61,62,66);6*1H/t43-,44?,47+,48-,49-;;;;;;/m0....../s1. The first-order valence-corrected chi connectivity index (χ1v) is 30.1. The Bertz CT molecular complexity index is 2110. The monoisotopic (exact) mass is 1200 g/mol. The van der Waals surface area contributed by atoms with Crippen LogP contribution in [-0.4, -0.2) is 166 Å². The van der Waals surface area contributed by atoms with Gasteiger partial charge in [-0.25, -0.2) is 4.79 Å². The van der Waals surface area contributed by atoms with Gasteiger partial charge in [0.15, 0.2) is 5.96 Å². The number of phenols is 1. The smallest absolute Gasteiger partial charge is 0.326 e. The number of carboxylic acid groups (broad SMARTS) is 2. The number of hydrogen-bond donors (Lipinski definition) is 11. The van der Waals surface area contributed by atoms with Gasteiger partial charge >= 0.3 is 11.9 Å². The quantitative estimate of drug-likeness (QED) is 0.0228. The van der Waals surface area contributed by atoms with Crippen LogP contribution in [0.25, 0.3) is 0 Å². The van der Waals surface area contributed by atoms with Gasteiger partial charge < -0.3 is 78.1 Å². The molecule has 0 spiro atoms. The number of Topliss-reactive ketones (excluding diaryl/α,β-unsaturated/α-hetero) is 1. The second-order valence-electron chi connectivity index (χ2n) is 21.2. The zero-order valence-corrected chi connectivity index (χ0v) is 50.0. The molecule has 84 heavy (non-hydrogen) atoms. The van der Waals surface area contributed by atoms with Crippen LogP contribution in [0.3, 0.4) is 0 Å². The number of ketones is 1. The van der Waals surface area contributed by atoms with E-state index in [9.17, 15) is 53.4 Å². The molecule has 0 heterocycles. The lowest BCUT2D eigenvalue weighted by atomic mass is 9.80. The number of guanidine groups is 1. The summed E-state index contributed by atoms with van der Waals surface area (Å²) in [5.41, 5.74) is 17.2. The van der Waals surface area contributed by atoms with Gasteiger partial charge in [-0.1, -0.05) is 109 Å². The van der Waals surface area contributed by atoms with Gasteiger partial charge in [0.2, 0.25) is 35.4 Å². The molecule has 1 aromatic rings. The average Bonchev–Trinajstić information content (AvgIpc) is 3.55. The topological polar surface area (TPSA) is 402 Å². The minimum absolute atomic E-state index is 0. The van der Waals surface area contributed by atoms with Gasteiger partial charge in [0.25, 0.3) is 0 Å². The van der Waals surface area contributed by atoms with Gasteiger partial charge in [-0.2, -0.15) is 0 Å². The van der Waals surface area contributed by atoms with E-state index in [1.807, 2.05) is 0 Å². The van der Waals surface area contributed by atoms with Crippen LogP contribution >= 0.6 is 0 Å². The fraction of sp³-hybridized carbons (Fsp3) is 0.729. The number of nitrogens with two attached hydrogens (primary N) is 3. The minimum atomic E-state index is -1.20. The number of amides is 6. The molecule has 6 amide bonds. The molecule has 25 heteroatoms. The van der Waals surface area contributed by atoms with Crippen molar-refractivity contribution in [3.8, 4) is 5.75 Å². The second kappa shape index (κ2) is 48.9. The van der Waals surface area contributed by atoms with Crippen molar-refractivity contribution < 1.29 is 86.0 Å². The highest BCUT2D eigenvalue weighted by Gasteiger charge is 2.34. The van der Waals surface area contributed by atoms with Gasteiger partial charge in [0.05, 0.1) is 39.6 Å². The summed E-state index contributed by atoms with van der Waals surface area (Å²) in [7, 11) is 0. The normalized spacial score (nSPS) is 12.9. The highest BCUT2D eigenvalue weighted by molar-refractivity contribution is 5.92. The Kier molecular flexibility index (Phi) is 44.0. The van der Waals surface area contributed by atoms with Crippen molar-refractivity contribution in [1.29, 1.82) is 0 Å². The van der Waals surface area contributed by atoms with Crippen LogP contribution < -0.4 is 43.8 Å². The number of unbranched alkanes of at least 4 members (excludes halogenated alkanes) is 14. The molecule has 0 aliphatic carbocycles. The number of ether oxygens (including phenoxy) is 4. The third-order valence-electron chi connectivity index (χ3n) is 13.9. The number of carbonyl (C=O) groups excluding carboxylic acids is 7. The molecule has 0 aliphatic rings. The Morgan fingerprint density at radius 2 is 1.02 bits per heavy atom. The molecule has 1 aromatic carbocycles. The zero-order chi connectivity index (χ0) is 62.2. The van der Waals surface area contributed by atoms with Gasteiger partial charge in [0, 0.05) is 78.2 Å². The second-order valence-corrected chi connectivity index (χ2v) is 21.2. The number of benzene rings is 1. The fourth-order valence-corrected chi connectivity index (χ4v) is 9.06. The lowest BCUT2D eigenvalue weighted by Gasteiger charge is -2.26. The lowest BCUT2D eigenvalue weighted by molar-refractivity contribution is -0.142. The molecular formula is C59H113N9O16. The Hall–Kier alpha value is -6.44. The summed E-state index contributed by atoms with van der Waals surface area (Å²) in [6.45, 7) is 5.17. The van der Waals surface area contributed by atoms with Crippen molar-refractivity contribution in [2.75, 3.05) is 79.0 Å². The molecule has 490 valence electrons. The van der Waals surface area contributed by atoms with E-state index in [2.05, 4.69) is 31.6 Å².